The van der Waals surface area contributed by atoms with Crippen LogP contribution >= 0.6 is 0 Å². The van der Waals surface area contributed by atoms with Gasteiger partial charge in [-0.2, -0.15) is 0 Å². The monoisotopic (exact) mass is 261 g/mol. The predicted octanol–water partition coefficient (Wildman–Crippen LogP) is 4.23. The van der Waals surface area contributed by atoms with Crippen LogP contribution in [0.3, 0.4) is 0 Å². The van der Waals surface area contributed by atoms with Gasteiger partial charge < -0.3 is 5.32 Å². The van der Waals surface area contributed by atoms with Gasteiger partial charge in [0.05, 0.1) is 0 Å². The molecule has 0 aromatic heterocycles. The van der Waals surface area contributed by atoms with Crippen LogP contribution in [0.5, 0.6) is 0 Å². The van der Waals surface area contributed by atoms with Crippen molar-refractivity contribution < 1.29 is 0 Å². The van der Waals surface area contributed by atoms with E-state index < -0.39 is 0 Å². The van der Waals surface area contributed by atoms with E-state index in [4.69, 9.17) is 0 Å². The largest absolute Gasteiger partial charge is 0.313 e. The smallest absolute Gasteiger partial charge is 0.0124 e. The summed E-state index contributed by atoms with van der Waals surface area (Å²) in [6.07, 6.45) is 13.8. The predicted molar refractivity (Wildman–Crippen MR) is 80.0 cm³/mol. The molecule has 1 N–H and O–H groups in total. The topological polar surface area (TPSA) is 12.0 Å². The van der Waals surface area contributed by atoms with Crippen molar-refractivity contribution in [3.8, 4) is 0 Å². The second-order valence-corrected chi connectivity index (χ2v) is 8.39. The molecule has 0 amide bonds. The third-order valence-corrected chi connectivity index (χ3v) is 7.13. The molecule has 0 heterocycles. The van der Waals surface area contributed by atoms with E-state index in [-0.39, 0.29) is 0 Å². The lowest BCUT2D eigenvalue weighted by Crippen LogP contribution is -2.55. The highest BCUT2D eigenvalue weighted by atomic mass is 14.9. The Morgan fingerprint density at radius 3 is 2.11 bits per heavy atom. The van der Waals surface area contributed by atoms with Gasteiger partial charge in [-0.1, -0.05) is 26.2 Å². The quantitative estimate of drug-likeness (QED) is 0.802. The summed E-state index contributed by atoms with van der Waals surface area (Å²) in [5, 5.41) is 4.06. The number of hydrogen-bond acceptors (Lipinski definition) is 1. The van der Waals surface area contributed by atoms with Crippen molar-refractivity contribution >= 4 is 0 Å². The molecule has 0 aromatic rings. The third kappa shape index (κ3) is 2.37. The number of rotatable bonds is 3. The Hall–Kier alpha value is -0.0400. The maximum atomic E-state index is 4.06. The van der Waals surface area contributed by atoms with Gasteiger partial charge in [0.15, 0.2) is 0 Å². The van der Waals surface area contributed by atoms with E-state index in [1.54, 1.807) is 32.1 Å². The van der Waals surface area contributed by atoms with Gasteiger partial charge >= 0.3 is 0 Å². The summed E-state index contributed by atoms with van der Waals surface area (Å²) in [6.45, 7) is 3.82. The number of nitrogens with one attached hydrogen (secondary N) is 1. The Kier molecular flexibility index (Phi) is 3.38. The molecule has 2 atom stereocenters. The SMILES string of the molecule is CC1CCCCC1CNC1C2CC3CC(C2)CC1C3. The van der Waals surface area contributed by atoms with Gasteiger partial charge in [0.2, 0.25) is 0 Å². The zero-order valence-electron chi connectivity index (χ0n) is 12.6. The molecule has 0 aromatic carbocycles. The van der Waals surface area contributed by atoms with E-state index in [1.807, 2.05) is 0 Å². The molecule has 0 radical (unpaired) electrons. The Bertz CT molecular complexity index is 296. The first-order chi connectivity index (χ1) is 9.29. The fourth-order valence-electron chi connectivity index (χ4n) is 6.24. The fourth-order valence-corrected chi connectivity index (χ4v) is 6.24. The van der Waals surface area contributed by atoms with Crippen LogP contribution in [0.1, 0.15) is 64.7 Å². The van der Waals surface area contributed by atoms with Crippen molar-refractivity contribution in [3.05, 3.63) is 0 Å². The molecule has 4 bridgehead atoms. The maximum absolute atomic E-state index is 4.06. The summed E-state index contributed by atoms with van der Waals surface area (Å²) in [5.41, 5.74) is 0. The lowest BCUT2D eigenvalue weighted by molar-refractivity contribution is -0.0160. The van der Waals surface area contributed by atoms with E-state index in [0.717, 1.165) is 41.5 Å². The van der Waals surface area contributed by atoms with Crippen LogP contribution in [0.4, 0.5) is 0 Å². The second-order valence-electron chi connectivity index (χ2n) is 8.39. The summed E-state index contributed by atoms with van der Waals surface area (Å²) in [7, 11) is 0. The molecular formula is C18H31N. The zero-order valence-corrected chi connectivity index (χ0v) is 12.6. The molecule has 2 unspecified atom stereocenters. The average Bonchev–Trinajstić information content (AvgIpc) is 2.39. The molecule has 5 rings (SSSR count). The molecule has 5 fully saturated rings. The molecule has 1 heteroatoms. The first-order valence-corrected chi connectivity index (χ1v) is 9.03. The van der Waals surface area contributed by atoms with Gasteiger partial charge in [0.1, 0.15) is 0 Å². The van der Waals surface area contributed by atoms with Gasteiger partial charge in [-0.3, -0.25) is 0 Å². The van der Waals surface area contributed by atoms with Gasteiger partial charge in [0, 0.05) is 6.04 Å². The minimum absolute atomic E-state index is 0.905. The highest BCUT2D eigenvalue weighted by Gasteiger charge is 2.48. The Morgan fingerprint density at radius 2 is 1.47 bits per heavy atom. The first-order valence-electron chi connectivity index (χ1n) is 9.03. The highest BCUT2D eigenvalue weighted by molar-refractivity contribution is 5.01. The van der Waals surface area contributed by atoms with Crippen molar-refractivity contribution in [2.75, 3.05) is 6.54 Å². The van der Waals surface area contributed by atoms with Gasteiger partial charge in [-0.05, 0) is 80.6 Å². The molecule has 5 saturated carbocycles. The molecule has 19 heavy (non-hydrogen) atoms. The van der Waals surface area contributed by atoms with Crippen LogP contribution < -0.4 is 5.32 Å². The summed E-state index contributed by atoms with van der Waals surface area (Å²) < 4.78 is 0. The van der Waals surface area contributed by atoms with Crippen molar-refractivity contribution in [2.45, 2.75) is 70.8 Å². The zero-order chi connectivity index (χ0) is 12.8. The van der Waals surface area contributed by atoms with Crippen LogP contribution in [0, 0.1) is 35.5 Å². The normalized spacial score (nSPS) is 52.6. The third-order valence-electron chi connectivity index (χ3n) is 7.13. The summed E-state index contributed by atoms with van der Waals surface area (Å²) >= 11 is 0. The van der Waals surface area contributed by atoms with Gasteiger partial charge in [0.25, 0.3) is 0 Å². The maximum Gasteiger partial charge on any atom is 0.0124 e. The van der Waals surface area contributed by atoms with Crippen molar-refractivity contribution in [1.29, 1.82) is 0 Å². The van der Waals surface area contributed by atoms with Crippen LogP contribution in [-0.4, -0.2) is 12.6 Å². The van der Waals surface area contributed by atoms with Crippen molar-refractivity contribution in [2.24, 2.45) is 35.5 Å². The van der Waals surface area contributed by atoms with E-state index in [2.05, 4.69) is 12.2 Å². The van der Waals surface area contributed by atoms with Crippen molar-refractivity contribution in [1.82, 2.24) is 5.32 Å². The van der Waals surface area contributed by atoms with Crippen LogP contribution in [0.2, 0.25) is 0 Å². The van der Waals surface area contributed by atoms with E-state index in [0.29, 0.717) is 0 Å². The van der Waals surface area contributed by atoms with Crippen LogP contribution in [0.15, 0.2) is 0 Å². The summed E-state index contributed by atoms with van der Waals surface area (Å²) in [4.78, 5) is 0. The number of hydrogen-bond donors (Lipinski definition) is 1. The molecule has 0 spiro atoms. The van der Waals surface area contributed by atoms with E-state index >= 15 is 0 Å². The summed E-state index contributed by atoms with van der Waals surface area (Å²) in [6, 6.07) is 0.905. The minimum atomic E-state index is 0.905. The van der Waals surface area contributed by atoms with Gasteiger partial charge in [-0.25, -0.2) is 0 Å². The average molecular weight is 261 g/mol. The van der Waals surface area contributed by atoms with E-state index in [9.17, 15) is 0 Å². The summed E-state index contributed by atoms with van der Waals surface area (Å²) in [5.74, 6) is 6.29. The minimum Gasteiger partial charge on any atom is -0.313 e. The second kappa shape index (κ2) is 5.06. The van der Waals surface area contributed by atoms with Gasteiger partial charge in [-0.15, -0.1) is 0 Å². The fraction of sp³-hybridized carbons (Fsp3) is 1.00. The lowest BCUT2D eigenvalue weighted by Gasteiger charge is -2.55. The van der Waals surface area contributed by atoms with Crippen molar-refractivity contribution in [3.63, 3.8) is 0 Å². The Morgan fingerprint density at radius 1 is 0.842 bits per heavy atom. The van der Waals surface area contributed by atoms with Crippen LogP contribution in [0.25, 0.3) is 0 Å². The lowest BCUT2D eigenvalue weighted by atomic mass is 9.54. The standard InChI is InChI=1S/C18H31N/c1-12-4-2-3-5-15(12)11-19-18-16-7-13-6-14(9-16)10-17(18)8-13/h12-19H,2-11H2,1H3. The molecule has 108 valence electrons. The Balaban J connectivity index is 1.35. The molecule has 5 aliphatic rings. The molecule has 0 aliphatic heterocycles. The van der Waals surface area contributed by atoms with Crippen LogP contribution in [-0.2, 0) is 0 Å². The van der Waals surface area contributed by atoms with E-state index in [1.165, 1.54) is 32.2 Å². The molecule has 5 aliphatic carbocycles. The molecule has 0 saturated heterocycles. The molecule has 1 nitrogen and oxygen atoms in total. The highest BCUT2D eigenvalue weighted by Crippen LogP contribution is 2.53. The first kappa shape index (κ1) is 12.7. The Labute approximate surface area is 118 Å². The molecular weight excluding hydrogens is 230 g/mol.